The van der Waals surface area contributed by atoms with Crippen LogP contribution in [-0.4, -0.2) is 42.4 Å². The number of rotatable bonds is 5. The van der Waals surface area contributed by atoms with Gasteiger partial charge in [0.1, 0.15) is 5.60 Å². The maximum absolute atomic E-state index is 11.7. The average Bonchev–Trinajstić information content (AvgIpc) is 2.68. The van der Waals surface area contributed by atoms with Crippen LogP contribution in [0.15, 0.2) is 30.3 Å². The topological polar surface area (TPSA) is 32.7 Å². The first kappa shape index (κ1) is 16.6. The van der Waals surface area contributed by atoms with E-state index in [-0.39, 0.29) is 0 Å². The van der Waals surface area contributed by atoms with Crippen molar-refractivity contribution in [1.29, 1.82) is 0 Å². The zero-order valence-electron chi connectivity index (χ0n) is 14.7. The Bertz CT molecular complexity index is 520. The molecule has 1 aromatic carbocycles. The molecule has 132 valence electrons. The molecule has 1 aromatic rings. The van der Waals surface area contributed by atoms with Crippen molar-refractivity contribution in [3.05, 3.63) is 35.9 Å². The molecule has 3 heteroatoms. The van der Waals surface area contributed by atoms with E-state index < -0.39 is 5.60 Å². The highest BCUT2D eigenvalue weighted by Crippen LogP contribution is 2.40. The SMILES string of the molecule is OC(CO[C@@H]1CN2CCC1CC2)(c1ccccc1)C1CCCCC1. The van der Waals surface area contributed by atoms with E-state index in [9.17, 15) is 5.11 Å². The summed E-state index contributed by atoms with van der Waals surface area (Å²) in [6, 6.07) is 10.3. The van der Waals surface area contributed by atoms with E-state index in [0.717, 1.165) is 24.9 Å². The molecule has 1 aliphatic carbocycles. The molecule has 4 aliphatic rings. The second-order valence-corrected chi connectivity index (χ2v) is 8.11. The third-order valence-electron chi connectivity index (χ3n) is 6.67. The van der Waals surface area contributed by atoms with Crippen LogP contribution in [0.25, 0.3) is 0 Å². The van der Waals surface area contributed by atoms with Crippen molar-refractivity contribution in [2.24, 2.45) is 11.8 Å². The quantitative estimate of drug-likeness (QED) is 0.896. The van der Waals surface area contributed by atoms with Crippen molar-refractivity contribution in [2.45, 2.75) is 56.7 Å². The number of ether oxygens (including phenoxy) is 1. The monoisotopic (exact) mass is 329 g/mol. The molecule has 1 N–H and O–H groups in total. The normalized spacial score (nSPS) is 33.3. The fourth-order valence-corrected chi connectivity index (χ4v) is 5.08. The van der Waals surface area contributed by atoms with Gasteiger partial charge in [0, 0.05) is 6.54 Å². The summed E-state index contributed by atoms with van der Waals surface area (Å²) < 4.78 is 6.40. The second kappa shape index (κ2) is 7.15. The molecule has 0 aromatic heterocycles. The van der Waals surface area contributed by atoms with Gasteiger partial charge in [-0.3, -0.25) is 0 Å². The van der Waals surface area contributed by atoms with Crippen LogP contribution in [0, 0.1) is 11.8 Å². The van der Waals surface area contributed by atoms with Gasteiger partial charge in [0.2, 0.25) is 0 Å². The summed E-state index contributed by atoms with van der Waals surface area (Å²) in [6.45, 7) is 3.98. The van der Waals surface area contributed by atoms with Gasteiger partial charge in [-0.1, -0.05) is 49.6 Å². The molecular formula is C21H31NO2. The number of fused-ring (bicyclic) bond motifs is 3. The van der Waals surface area contributed by atoms with Gasteiger partial charge in [0.25, 0.3) is 0 Å². The third-order valence-corrected chi connectivity index (χ3v) is 6.67. The molecule has 4 fully saturated rings. The minimum absolute atomic E-state index is 0.311. The molecule has 3 nitrogen and oxygen atoms in total. The predicted molar refractivity (Wildman–Crippen MR) is 95.8 cm³/mol. The largest absolute Gasteiger partial charge is 0.382 e. The molecule has 3 heterocycles. The highest BCUT2D eigenvalue weighted by molar-refractivity contribution is 5.23. The van der Waals surface area contributed by atoms with Gasteiger partial charge in [-0.05, 0) is 56.2 Å². The molecule has 0 amide bonds. The zero-order valence-corrected chi connectivity index (χ0v) is 14.7. The van der Waals surface area contributed by atoms with Crippen LogP contribution >= 0.6 is 0 Å². The van der Waals surface area contributed by atoms with Gasteiger partial charge < -0.3 is 14.7 Å². The Kier molecular flexibility index (Phi) is 4.93. The summed E-state index contributed by atoms with van der Waals surface area (Å²) >= 11 is 0. The fourth-order valence-electron chi connectivity index (χ4n) is 5.08. The van der Waals surface area contributed by atoms with Gasteiger partial charge in [0.15, 0.2) is 0 Å². The van der Waals surface area contributed by atoms with Gasteiger partial charge in [-0.15, -0.1) is 0 Å². The summed E-state index contributed by atoms with van der Waals surface area (Å²) in [5, 5.41) is 11.7. The average molecular weight is 329 g/mol. The molecule has 1 unspecified atom stereocenters. The Morgan fingerprint density at radius 2 is 1.71 bits per heavy atom. The highest BCUT2D eigenvalue weighted by Gasteiger charge is 2.42. The van der Waals surface area contributed by atoms with Gasteiger partial charge in [-0.2, -0.15) is 0 Å². The van der Waals surface area contributed by atoms with Crippen LogP contribution in [0.5, 0.6) is 0 Å². The summed E-state index contributed by atoms with van der Waals surface area (Å²) in [7, 11) is 0. The van der Waals surface area contributed by atoms with Crippen molar-refractivity contribution in [1.82, 2.24) is 4.90 Å². The molecule has 3 aliphatic heterocycles. The van der Waals surface area contributed by atoms with Crippen molar-refractivity contribution in [3.8, 4) is 0 Å². The van der Waals surface area contributed by atoms with Crippen molar-refractivity contribution < 1.29 is 9.84 Å². The van der Waals surface area contributed by atoms with Crippen LogP contribution in [0.4, 0.5) is 0 Å². The molecule has 0 spiro atoms. The number of hydrogen-bond donors (Lipinski definition) is 1. The molecule has 24 heavy (non-hydrogen) atoms. The van der Waals surface area contributed by atoms with E-state index in [0.29, 0.717) is 24.5 Å². The third kappa shape index (κ3) is 3.26. The molecule has 0 radical (unpaired) electrons. The molecule has 5 rings (SSSR count). The Morgan fingerprint density at radius 1 is 1.00 bits per heavy atom. The van der Waals surface area contributed by atoms with Crippen molar-refractivity contribution >= 4 is 0 Å². The van der Waals surface area contributed by atoms with E-state index in [2.05, 4.69) is 17.0 Å². The lowest BCUT2D eigenvalue weighted by atomic mass is 9.73. The summed E-state index contributed by atoms with van der Waals surface area (Å²) in [5.41, 5.74) is 0.214. The maximum Gasteiger partial charge on any atom is 0.116 e. The van der Waals surface area contributed by atoms with Crippen LogP contribution < -0.4 is 0 Å². The molecular weight excluding hydrogens is 298 g/mol. The lowest BCUT2D eigenvalue weighted by molar-refractivity contribution is -0.148. The van der Waals surface area contributed by atoms with Crippen LogP contribution in [0.3, 0.4) is 0 Å². The standard InChI is InChI=1S/C21H31NO2/c23-21(18-7-3-1-4-8-18,19-9-5-2-6-10-19)16-24-20-15-22-13-11-17(20)12-14-22/h1,3-4,7-8,17,19-20,23H,2,5-6,9-16H2/t20-,21?/m1/s1. The summed E-state index contributed by atoms with van der Waals surface area (Å²) in [6.07, 6.45) is 8.85. The molecule has 2 bridgehead atoms. The van der Waals surface area contributed by atoms with Crippen molar-refractivity contribution in [2.75, 3.05) is 26.2 Å². The zero-order chi connectivity index (χ0) is 16.4. The Balaban J connectivity index is 1.50. The Morgan fingerprint density at radius 3 is 2.33 bits per heavy atom. The molecule has 1 saturated carbocycles. The predicted octanol–water partition coefficient (Wildman–Crippen LogP) is 3.57. The number of benzene rings is 1. The van der Waals surface area contributed by atoms with Gasteiger partial charge in [0.05, 0.1) is 12.7 Å². The number of piperidine rings is 3. The Hall–Kier alpha value is -0.900. The van der Waals surface area contributed by atoms with E-state index >= 15 is 0 Å². The smallest absolute Gasteiger partial charge is 0.116 e. The van der Waals surface area contributed by atoms with Crippen LogP contribution in [-0.2, 0) is 10.3 Å². The minimum atomic E-state index is -0.826. The van der Waals surface area contributed by atoms with E-state index in [1.165, 1.54) is 45.2 Å². The molecule has 2 atom stereocenters. The lowest BCUT2D eigenvalue weighted by Crippen LogP contribution is -2.53. The van der Waals surface area contributed by atoms with Gasteiger partial charge >= 0.3 is 0 Å². The van der Waals surface area contributed by atoms with Gasteiger partial charge in [-0.25, -0.2) is 0 Å². The van der Waals surface area contributed by atoms with E-state index in [4.69, 9.17) is 4.74 Å². The maximum atomic E-state index is 11.7. The minimum Gasteiger partial charge on any atom is -0.382 e. The number of aliphatic hydroxyl groups is 1. The van der Waals surface area contributed by atoms with Crippen LogP contribution in [0.1, 0.15) is 50.5 Å². The lowest BCUT2D eigenvalue weighted by Gasteiger charge is -2.46. The van der Waals surface area contributed by atoms with E-state index in [1.54, 1.807) is 0 Å². The summed E-state index contributed by atoms with van der Waals surface area (Å²) in [5.74, 6) is 1.02. The molecule has 3 saturated heterocycles. The fraction of sp³-hybridized carbons (Fsp3) is 0.714. The number of hydrogen-bond acceptors (Lipinski definition) is 3. The second-order valence-electron chi connectivity index (χ2n) is 8.11. The Labute approximate surface area is 146 Å². The first-order chi connectivity index (χ1) is 11.8. The van der Waals surface area contributed by atoms with Crippen molar-refractivity contribution in [3.63, 3.8) is 0 Å². The number of nitrogens with zero attached hydrogens (tertiary/aromatic N) is 1. The first-order valence-electron chi connectivity index (χ1n) is 9.87. The van der Waals surface area contributed by atoms with Crippen LogP contribution in [0.2, 0.25) is 0 Å². The summed E-state index contributed by atoms with van der Waals surface area (Å²) in [4.78, 5) is 2.52. The van der Waals surface area contributed by atoms with E-state index in [1.807, 2.05) is 18.2 Å². The first-order valence-corrected chi connectivity index (χ1v) is 9.87. The highest BCUT2D eigenvalue weighted by atomic mass is 16.5.